The zero-order valence-electron chi connectivity index (χ0n) is 9.28. The molecule has 0 fully saturated rings. The Hall–Kier alpha value is -1.48. The summed E-state index contributed by atoms with van der Waals surface area (Å²) < 4.78 is 4.65. The van der Waals surface area contributed by atoms with Gasteiger partial charge in [-0.15, -0.1) is 22.7 Å². The van der Waals surface area contributed by atoms with Crippen molar-refractivity contribution >= 4 is 39.5 Å². The van der Waals surface area contributed by atoms with Crippen molar-refractivity contribution in [3.05, 3.63) is 27.4 Å². The number of nitrogens with one attached hydrogen (secondary N) is 1. The predicted molar refractivity (Wildman–Crippen MR) is 68.2 cm³/mol. The highest BCUT2D eigenvalue weighted by Crippen LogP contribution is 2.29. The Kier molecular flexibility index (Phi) is 3.92. The van der Waals surface area contributed by atoms with Crippen LogP contribution in [-0.4, -0.2) is 28.3 Å². The first kappa shape index (κ1) is 13.0. The summed E-state index contributed by atoms with van der Waals surface area (Å²) in [4.78, 5) is 15.9. The molecule has 0 unspecified atom stereocenters. The minimum atomic E-state index is -1.60. The maximum Gasteiger partial charge on any atom is 0.350 e. The number of aliphatic hydroxyl groups excluding tert-OH is 1. The van der Waals surface area contributed by atoms with Crippen LogP contribution in [0.25, 0.3) is 0 Å². The third-order valence-electron chi connectivity index (χ3n) is 2.06. The number of hydrogen-bond donors (Lipinski definition) is 3. The number of ether oxygens (including phenoxy) is 1. The van der Waals surface area contributed by atoms with Crippen LogP contribution in [0.3, 0.4) is 0 Å². The number of thiazole rings is 1. The van der Waals surface area contributed by atoms with Crippen LogP contribution in [0.4, 0.5) is 10.8 Å². The van der Waals surface area contributed by atoms with Gasteiger partial charge in [-0.3, -0.25) is 0 Å². The molecular formula is C10H10N2O4S2. The Bertz CT molecular complexity index is 550. The molecule has 0 aliphatic carbocycles. The van der Waals surface area contributed by atoms with Crippen LogP contribution in [0.15, 0.2) is 16.8 Å². The molecule has 0 atom stereocenters. The summed E-state index contributed by atoms with van der Waals surface area (Å²) in [6, 6.07) is 1.73. The molecule has 0 saturated carbocycles. The maximum absolute atomic E-state index is 11.5. The smallest absolute Gasteiger partial charge is 0.350 e. The fourth-order valence-electron chi connectivity index (χ4n) is 1.24. The van der Waals surface area contributed by atoms with E-state index in [1.165, 1.54) is 35.2 Å². The van der Waals surface area contributed by atoms with Gasteiger partial charge in [0.1, 0.15) is 10.6 Å². The van der Waals surface area contributed by atoms with Gasteiger partial charge in [-0.25, -0.2) is 9.78 Å². The monoisotopic (exact) mass is 286 g/mol. The number of hydrogen-bond acceptors (Lipinski definition) is 8. The third-order valence-corrected chi connectivity index (χ3v) is 3.73. The fourth-order valence-corrected chi connectivity index (χ4v) is 2.74. The van der Waals surface area contributed by atoms with E-state index in [1.807, 2.05) is 0 Å². The Balaban J connectivity index is 2.18. The van der Waals surface area contributed by atoms with Crippen molar-refractivity contribution in [3.8, 4) is 0 Å². The number of esters is 1. The van der Waals surface area contributed by atoms with E-state index in [-0.39, 0.29) is 5.69 Å². The van der Waals surface area contributed by atoms with E-state index >= 15 is 0 Å². The average molecular weight is 286 g/mol. The lowest BCUT2D eigenvalue weighted by Crippen LogP contribution is -2.02. The summed E-state index contributed by atoms with van der Waals surface area (Å²) in [5.41, 5.74) is 0.748. The fraction of sp³-hybridized carbons (Fsp3) is 0.200. The summed E-state index contributed by atoms with van der Waals surface area (Å²) in [6.07, 6.45) is -1.60. The zero-order valence-corrected chi connectivity index (χ0v) is 10.9. The predicted octanol–water partition coefficient (Wildman–Crippen LogP) is 1.72. The molecule has 0 aromatic carbocycles. The van der Waals surface area contributed by atoms with Crippen molar-refractivity contribution in [2.45, 2.75) is 6.29 Å². The minimum absolute atomic E-state index is 0.164. The largest absolute Gasteiger partial charge is 0.465 e. The summed E-state index contributed by atoms with van der Waals surface area (Å²) in [6.45, 7) is 0. The lowest BCUT2D eigenvalue weighted by molar-refractivity contribution is -0.0453. The molecule has 2 rings (SSSR count). The Morgan fingerprint density at radius 3 is 2.89 bits per heavy atom. The number of thiophene rings is 1. The molecule has 0 aliphatic rings. The van der Waals surface area contributed by atoms with Crippen LogP contribution in [-0.2, 0) is 4.74 Å². The molecular weight excluding hydrogens is 276 g/mol. The SMILES string of the molecule is COC(=O)c1sccc1Nc1nc(C(O)O)cs1. The highest BCUT2D eigenvalue weighted by molar-refractivity contribution is 7.14. The summed E-state index contributed by atoms with van der Waals surface area (Å²) in [5.74, 6) is -0.425. The van der Waals surface area contributed by atoms with Gasteiger partial charge in [0, 0.05) is 5.38 Å². The number of anilines is 2. The second-order valence-electron chi connectivity index (χ2n) is 3.23. The quantitative estimate of drug-likeness (QED) is 0.585. The zero-order chi connectivity index (χ0) is 13.1. The van der Waals surface area contributed by atoms with E-state index < -0.39 is 12.3 Å². The van der Waals surface area contributed by atoms with Gasteiger partial charge in [-0.1, -0.05) is 0 Å². The lowest BCUT2D eigenvalue weighted by atomic mass is 10.4. The second-order valence-corrected chi connectivity index (χ2v) is 5.01. The van der Waals surface area contributed by atoms with Crippen molar-refractivity contribution in [1.29, 1.82) is 0 Å². The van der Waals surface area contributed by atoms with Crippen LogP contribution >= 0.6 is 22.7 Å². The Morgan fingerprint density at radius 2 is 2.28 bits per heavy atom. The van der Waals surface area contributed by atoms with Crippen molar-refractivity contribution in [3.63, 3.8) is 0 Å². The molecule has 0 amide bonds. The van der Waals surface area contributed by atoms with E-state index in [1.54, 1.807) is 11.4 Å². The Labute approximate surface area is 110 Å². The molecule has 3 N–H and O–H groups in total. The Morgan fingerprint density at radius 1 is 1.50 bits per heavy atom. The summed E-state index contributed by atoms with van der Waals surface area (Å²) in [7, 11) is 1.31. The second kappa shape index (κ2) is 5.44. The average Bonchev–Trinajstić information content (AvgIpc) is 2.97. The van der Waals surface area contributed by atoms with Crippen molar-refractivity contribution in [1.82, 2.24) is 4.98 Å². The van der Waals surface area contributed by atoms with E-state index in [0.717, 1.165) is 0 Å². The molecule has 6 nitrogen and oxygen atoms in total. The van der Waals surface area contributed by atoms with Gasteiger partial charge in [-0.05, 0) is 11.4 Å². The van der Waals surface area contributed by atoms with Crippen molar-refractivity contribution < 1.29 is 19.7 Å². The molecule has 8 heteroatoms. The van der Waals surface area contributed by atoms with Crippen LogP contribution in [0.1, 0.15) is 21.7 Å². The molecule has 0 aliphatic heterocycles. The van der Waals surface area contributed by atoms with Gasteiger partial charge < -0.3 is 20.3 Å². The van der Waals surface area contributed by atoms with Crippen LogP contribution < -0.4 is 5.32 Å². The van der Waals surface area contributed by atoms with Crippen LogP contribution in [0.2, 0.25) is 0 Å². The highest BCUT2D eigenvalue weighted by atomic mass is 32.1. The van der Waals surface area contributed by atoms with E-state index in [4.69, 9.17) is 10.2 Å². The number of methoxy groups -OCH3 is 1. The number of nitrogens with zero attached hydrogens (tertiary/aromatic N) is 1. The lowest BCUT2D eigenvalue weighted by Gasteiger charge is -2.03. The topological polar surface area (TPSA) is 91.7 Å². The number of rotatable bonds is 4. The number of carbonyl (C=O) groups excluding carboxylic acids is 1. The summed E-state index contributed by atoms with van der Waals surface area (Å²) in [5, 5.41) is 24.6. The minimum Gasteiger partial charge on any atom is -0.465 e. The highest BCUT2D eigenvalue weighted by Gasteiger charge is 2.15. The van der Waals surface area contributed by atoms with E-state index in [0.29, 0.717) is 15.7 Å². The normalized spacial score (nSPS) is 10.7. The molecule has 2 aromatic heterocycles. The molecule has 0 spiro atoms. The standard InChI is InChI=1S/C10H10N2O4S2/c1-16-9(15)7-5(2-3-17-7)11-10-12-6(4-18-10)8(13)14/h2-4,8,13-14H,1H3,(H,11,12). The summed E-state index contributed by atoms with van der Waals surface area (Å²) >= 11 is 2.47. The third kappa shape index (κ3) is 2.67. The van der Waals surface area contributed by atoms with E-state index in [2.05, 4.69) is 15.0 Å². The van der Waals surface area contributed by atoms with Gasteiger partial charge in [0.15, 0.2) is 11.4 Å². The molecule has 0 bridgehead atoms. The van der Waals surface area contributed by atoms with Gasteiger partial charge >= 0.3 is 5.97 Å². The molecule has 96 valence electrons. The molecule has 0 radical (unpaired) electrons. The van der Waals surface area contributed by atoms with Crippen LogP contribution in [0.5, 0.6) is 0 Å². The number of aliphatic hydroxyl groups is 2. The molecule has 18 heavy (non-hydrogen) atoms. The van der Waals surface area contributed by atoms with Gasteiger partial charge in [0.25, 0.3) is 0 Å². The first-order valence-electron chi connectivity index (χ1n) is 4.86. The van der Waals surface area contributed by atoms with Crippen molar-refractivity contribution in [2.75, 3.05) is 12.4 Å². The van der Waals surface area contributed by atoms with Gasteiger partial charge in [0.2, 0.25) is 0 Å². The molecule has 2 aromatic rings. The number of aromatic nitrogens is 1. The molecule has 2 heterocycles. The first-order valence-corrected chi connectivity index (χ1v) is 6.62. The van der Waals surface area contributed by atoms with E-state index in [9.17, 15) is 4.79 Å². The number of carbonyl (C=O) groups is 1. The first-order chi connectivity index (χ1) is 8.61. The maximum atomic E-state index is 11.5. The van der Waals surface area contributed by atoms with Gasteiger partial charge in [0.05, 0.1) is 12.8 Å². The van der Waals surface area contributed by atoms with Crippen LogP contribution in [0, 0.1) is 0 Å². The van der Waals surface area contributed by atoms with Crippen molar-refractivity contribution in [2.24, 2.45) is 0 Å². The van der Waals surface area contributed by atoms with Gasteiger partial charge in [-0.2, -0.15) is 0 Å². The molecule has 0 saturated heterocycles.